The molecule has 0 bridgehead atoms. The molecule has 0 saturated carbocycles. The summed E-state index contributed by atoms with van der Waals surface area (Å²) in [5.41, 5.74) is 1.67. The summed E-state index contributed by atoms with van der Waals surface area (Å²) in [6.07, 6.45) is 2.12. The minimum absolute atomic E-state index is 0.254. The van der Waals surface area contributed by atoms with Crippen molar-refractivity contribution in [2.24, 2.45) is 0 Å². The lowest BCUT2D eigenvalue weighted by molar-refractivity contribution is 0.194. The Hall–Kier alpha value is -1.68. The standard InChI is InChI=1S/C13H14FNO2/c1-9(16)6-12-8-17-13(15-12)7-10-2-4-11(14)5-3-10/h2-5,8-9,16H,6-7H2,1H3. The van der Waals surface area contributed by atoms with Gasteiger partial charge in [-0.25, -0.2) is 9.37 Å². The van der Waals surface area contributed by atoms with Crippen molar-refractivity contribution in [1.29, 1.82) is 0 Å². The maximum atomic E-state index is 12.7. The molecule has 0 aliphatic rings. The van der Waals surface area contributed by atoms with Crippen molar-refractivity contribution in [2.45, 2.75) is 25.9 Å². The van der Waals surface area contributed by atoms with Crippen LogP contribution in [0, 0.1) is 5.82 Å². The van der Waals surface area contributed by atoms with Crippen LogP contribution in [0.4, 0.5) is 4.39 Å². The zero-order chi connectivity index (χ0) is 12.3. The first kappa shape index (κ1) is 11.8. The van der Waals surface area contributed by atoms with Crippen LogP contribution in [-0.4, -0.2) is 16.2 Å². The molecule has 0 fully saturated rings. The van der Waals surface area contributed by atoms with E-state index in [0.29, 0.717) is 18.7 Å². The monoisotopic (exact) mass is 235 g/mol. The molecule has 3 nitrogen and oxygen atoms in total. The average molecular weight is 235 g/mol. The van der Waals surface area contributed by atoms with Gasteiger partial charge in [0.2, 0.25) is 0 Å². The predicted molar refractivity (Wildman–Crippen MR) is 61.1 cm³/mol. The van der Waals surface area contributed by atoms with Gasteiger partial charge in [-0.1, -0.05) is 12.1 Å². The van der Waals surface area contributed by atoms with E-state index in [4.69, 9.17) is 4.42 Å². The number of hydrogen-bond acceptors (Lipinski definition) is 3. The lowest BCUT2D eigenvalue weighted by atomic mass is 10.1. The van der Waals surface area contributed by atoms with Gasteiger partial charge in [0, 0.05) is 12.8 Å². The van der Waals surface area contributed by atoms with Crippen LogP contribution in [0.5, 0.6) is 0 Å². The molecule has 0 amide bonds. The number of hydrogen-bond donors (Lipinski definition) is 1. The minimum Gasteiger partial charge on any atom is -0.448 e. The third-order valence-electron chi connectivity index (χ3n) is 2.37. The van der Waals surface area contributed by atoms with Gasteiger partial charge >= 0.3 is 0 Å². The summed E-state index contributed by atoms with van der Waals surface area (Å²) >= 11 is 0. The molecule has 1 aromatic heterocycles. The van der Waals surface area contributed by atoms with E-state index in [-0.39, 0.29) is 5.82 Å². The number of nitrogens with zero attached hydrogens (tertiary/aromatic N) is 1. The van der Waals surface area contributed by atoms with Crippen molar-refractivity contribution in [3.63, 3.8) is 0 Å². The zero-order valence-corrected chi connectivity index (χ0v) is 9.56. The number of oxazole rings is 1. The highest BCUT2D eigenvalue weighted by Gasteiger charge is 2.07. The van der Waals surface area contributed by atoms with E-state index in [1.807, 2.05) is 0 Å². The van der Waals surface area contributed by atoms with Crippen molar-refractivity contribution in [3.8, 4) is 0 Å². The zero-order valence-electron chi connectivity index (χ0n) is 9.56. The molecule has 1 unspecified atom stereocenters. The molecule has 1 aromatic carbocycles. The molecule has 2 rings (SSSR count). The van der Waals surface area contributed by atoms with Crippen LogP contribution >= 0.6 is 0 Å². The second kappa shape index (κ2) is 5.10. The number of aliphatic hydroxyl groups excluding tert-OH is 1. The van der Waals surface area contributed by atoms with E-state index < -0.39 is 6.10 Å². The Kier molecular flexibility index (Phi) is 3.54. The Morgan fingerprint density at radius 3 is 2.71 bits per heavy atom. The van der Waals surface area contributed by atoms with Gasteiger partial charge in [0.05, 0.1) is 11.8 Å². The number of rotatable bonds is 4. The van der Waals surface area contributed by atoms with Crippen molar-refractivity contribution in [1.82, 2.24) is 4.98 Å². The summed E-state index contributed by atoms with van der Waals surface area (Å²) in [5, 5.41) is 9.21. The topological polar surface area (TPSA) is 46.3 Å². The van der Waals surface area contributed by atoms with E-state index >= 15 is 0 Å². The quantitative estimate of drug-likeness (QED) is 0.884. The van der Waals surface area contributed by atoms with Crippen molar-refractivity contribution >= 4 is 0 Å². The largest absolute Gasteiger partial charge is 0.448 e. The van der Waals surface area contributed by atoms with Crippen LogP contribution in [0.15, 0.2) is 34.9 Å². The second-order valence-corrected chi connectivity index (χ2v) is 4.09. The molecule has 0 radical (unpaired) electrons. The van der Waals surface area contributed by atoms with Gasteiger partial charge in [-0.2, -0.15) is 0 Å². The molecule has 1 atom stereocenters. The van der Waals surface area contributed by atoms with Crippen molar-refractivity contribution < 1.29 is 13.9 Å². The third-order valence-corrected chi connectivity index (χ3v) is 2.37. The van der Waals surface area contributed by atoms with Gasteiger partial charge in [-0.05, 0) is 24.6 Å². The molecule has 0 saturated heterocycles. The highest BCUT2D eigenvalue weighted by Crippen LogP contribution is 2.11. The molecule has 90 valence electrons. The van der Waals surface area contributed by atoms with Crippen LogP contribution in [0.1, 0.15) is 24.1 Å². The van der Waals surface area contributed by atoms with E-state index in [9.17, 15) is 9.50 Å². The number of halogens is 1. The molecule has 1 heterocycles. The first-order valence-electron chi connectivity index (χ1n) is 5.49. The highest BCUT2D eigenvalue weighted by molar-refractivity contribution is 5.19. The molecular weight excluding hydrogens is 221 g/mol. The fourth-order valence-corrected chi connectivity index (χ4v) is 1.60. The van der Waals surface area contributed by atoms with Crippen LogP contribution in [0.3, 0.4) is 0 Å². The summed E-state index contributed by atoms with van der Waals surface area (Å²) in [6.45, 7) is 1.70. The van der Waals surface area contributed by atoms with E-state index in [1.165, 1.54) is 12.1 Å². The Labute approximate surface area is 98.9 Å². The molecule has 4 heteroatoms. The normalized spacial score (nSPS) is 12.6. The van der Waals surface area contributed by atoms with Gasteiger partial charge in [0.25, 0.3) is 0 Å². The maximum Gasteiger partial charge on any atom is 0.198 e. The van der Waals surface area contributed by atoms with Crippen LogP contribution in [0.2, 0.25) is 0 Å². The fraction of sp³-hybridized carbons (Fsp3) is 0.308. The summed E-state index contributed by atoms with van der Waals surface area (Å²) < 4.78 is 18.0. The van der Waals surface area contributed by atoms with Gasteiger partial charge in [0.1, 0.15) is 12.1 Å². The molecule has 2 aromatic rings. The molecular formula is C13H14FNO2. The van der Waals surface area contributed by atoms with Gasteiger partial charge in [-0.3, -0.25) is 0 Å². The number of aliphatic hydroxyl groups is 1. The third kappa shape index (κ3) is 3.39. The lowest BCUT2D eigenvalue weighted by Crippen LogP contribution is -2.04. The molecule has 0 spiro atoms. The molecule has 0 aliphatic heterocycles. The SMILES string of the molecule is CC(O)Cc1coc(Cc2ccc(F)cc2)n1. The molecule has 0 aliphatic carbocycles. The lowest BCUT2D eigenvalue weighted by Gasteiger charge is -1.98. The van der Waals surface area contributed by atoms with Crippen LogP contribution in [-0.2, 0) is 12.8 Å². The summed E-state index contributed by atoms with van der Waals surface area (Å²) in [4.78, 5) is 4.25. The Morgan fingerprint density at radius 1 is 1.35 bits per heavy atom. The Balaban J connectivity index is 2.03. The van der Waals surface area contributed by atoms with Crippen LogP contribution < -0.4 is 0 Å². The van der Waals surface area contributed by atoms with Crippen LogP contribution in [0.25, 0.3) is 0 Å². The number of aromatic nitrogens is 1. The smallest absolute Gasteiger partial charge is 0.198 e. The summed E-state index contributed by atoms with van der Waals surface area (Å²) in [6, 6.07) is 6.23. The second-order valence-electron chi connectivity index (χ2n) is 4.09. The average Bonchev–Trinajstić information content (AvgIpc) is 2.68. The summed E-state index contributed by atoms with van der Waals surface area (Å²) in [7, 11) is 0. The van der Waals surface area contributed by atoms with Gasteiger partial charge in [0.15, 0.2) is 5.89 Å². The first-order chi connectivity index (χ1) is 8.13. The fourth-order valence-electron chi connectivity index (χ4n) is 1.60. The van der Waals surface area contributed by atoms with Crippen molar-refractivity contribution in [2.75, 3.05) is 0 Å². The van der Waals surface area contributed by atoms with Crippen molar-refractivity contribution in [3.05, 3.63) is 53.5 Å². The summed E-state index contributed by atoms with van der Waals surface area (Å²) in [5.74, 6) is 0.322. The van der Waals surface area contributed by atoms with E-state index in [1.54, 1.807) is 25.3 Å². The Morgan fingerprint density at radius 2 is 2.06 bits per heavy atom. The highest BCUT2D eigenvalue weighted by atomic mass is 19.1. The first-order valence-corrected chi connectivity index (χ1v) is 5.49. The Bertz CT molecular complexity index is 476. The molecule has 1 N–H and O–H groups in total. The predicted octanol–water partition coefficient (Wildman–Crippen LogP) is 2.33. The van der Waals surface area contributed by atoms with Gasteiger partial charge < -0.3 is 9.52 Å². The van der Waals surface area contributed by atoms with E-state index in [0.717, 1.165) is 11.3 Å². The van der Waals surface area contributed by atoms with Gasteiger partial charge in [-0.15, -0.1) is 0 Å². The molecule has 17 heavy (non-hydrogen) atoms. The number of benzene rings is 1. The maximum absolute atomic E-state index is 12.7. The van der Waals surface area contributed by atoms with E-state index in [2.05, 4.69) is 4.98 Å². The minimum atomic E-state index is -0.432.